The number of carbonyl (C=O) groups is 1. The average molecular weight is 280 g/mol. The highest BCUT2D eigenvalue weighted by Crippen LogP contribution is 2.23. The fourth-order valence-electron chi connectivity index (χ4n) is 2.37. The highest BCUT2D eigenvalue weighted by Gasteiger charge is 2.30. The Balaban J connectivity index is 1.90. The Morgan fingerprint density at radius 2 is 2.30 bits per heavy atom. The molecule has 0 bridgehead atoms. The van der Waals surface area contributed by atoms with Crippen molar-refractivity contribution in [3.63, 3.8) is 0 Å². The number of pyridine rings is 1. The SMILES string of the molecule is CC(C)(C)OC(=O)N1CC[C@H](Cc2ccncc2F)C1. The highest BCUT2D eigenvalue weighted by atomic mass is 19.1. The first-order valence-electron chi connectivity index (χ1n) is 6.91. The molecular weight excluding hydrogens is 259 g/mol. The second kappa shape index (κ2) is 5.77. The molecule has 2 rings (SSSR count). The minimum Gasteiger partial charge on any atom is -0.444 e. The summed E-state index contributed by atoms with van der Waals surface area (Å²) in [6, 6.07) is 1.70. The summed E-state index contributed by atoms with van der Waals surface area (Å²) in [5, 5.41) is 0. The molecule has 0 saturated carbocycles. The first kappa shape index (κ1) is 14.8. The van der Waals surface area contributed by atoms with Gasteiger partial charge in [-0.15, -0.1) is 0 Å². The smallest absolute Gasteiger partial charge is 0.410 e. The number of aromatic nitrogens is 1. The van der Waals surface area contributed by atoms with Gasteiger partial charge in [0.15, 0.2) is 0 Å². The van der Waals surface area contributed by atoms with Gasteiger partial charge in [0.2, 0.25) is 0 Å². The molecule has 5 heteroatoms. The van der Waals surface area contributed by atoms with Crippen molar-refractivity contribution in [3.05, 3.63) is 29.8 Å². The number of halogens is 1. The van der Waals surface area contributed by atoms with Crippen LogP contribution in [-0.2, 0) is 11.2 Å². The van der Waals surface area contributed by atoms with E-state index >= 15 is 0 Å². The van der Waals surface area contributed by atoms with E-state index in [-0.39, 0.29) is 17.8 Å². The maximum Gasteiger partial charge on any atom is 0.410 e. The van der Waals surface area contributed by atoms with Gasteiger partial charge in [-0.2, -0.15) is 0 Å². The number of ether oxygens (including phenoxy) is 1. The number of amides is 1. The molecule has 1 fully saturated rings. The van der Waals surface area contributed by atoms with Crippen LogP contribution in [0.5, 0.6) is 0 Å². The third-order valence-corrected chi connectivity index (χ3v) is 3.30. The standard InChI is InChI=1S/C15H21FN2O2/c1-15(2,3)20-14(19)18-7-5-11(10-18)8-12-4-6-17-9-13(12)16/h4,6,9,11H,5,7-8,10H2,1-3H3/t11-/m1/s1. The van der Waals surface area contributed by atoms with Gasteiger partial charge >= 0.3 is 6.09 Å². The topological polar surface area (TPSA) is 42.4 Å². The largest absolute Gasteiger partial charge is 0.444 e. The van der Waals surface area contributed by atoms with Crippen LogP contribution in [0.15, 0.2) is 18.5 Å². The molecule has 0 aliphatic carbocycles. The lowest BCUT2D eigenvalue weighted by Crippen LogP contribution is -2.35. The number of nitrogens with zero attached hydrogens (tertiary/aromatic N) is 2. The number of carbonyl (C=O) groups excluding carboxylic acids is 1. The number of likely N-dealkylation sites (tertiary alicyclic amines) is 1. The Labute approximate surface area is 118 Å². The molecule has 0 spiro atoms. The second-order valence-corrected chi connectivity index (χ2v) is 6.25. The summed E-state index contributed by atoms with van der Waals surface area (Å²) in [7, 11) is 0. The van der Waals surface area contributed by atoms with Gasteiger partial charge in [-0.25, -0.2) is 9.18 Å². The van der Waals surface area contributed by atoms with Crippen molar-refractivity contribution in [1.82, 2.24) is 9.88 Å². The van der Waals surface area contributed by atoms with Crippen LogP contribution >= 0.6 is 0 Å². The molecule has 0 N–H and O–H groups in total. The normalized spacial score (nSPS) is 19.2. The maximum atomic E-state index is 13.6. The minimum absolute atomic E-state index is 0.275. The van der Waals surface area contributed by atoms with E-state index in [0.29, 0.717) is 25.1 Å². The van der Waals surface area contributed by atoms with Gasteiger partial charge < -0.3 is 9.64 Å². The van der Waals surface area contributed by atoms with Crippen molar-refractivity contribution >= 4 is 6.09 Å². The molecule has 0 radical (unpaired) electrons. The average Bonchev–Trinajstić information content (AvgIpc) is 2.79. The quantitative estimate of drug-likeness (QED) is 0.836. The summed E-state index contributed by atoms with van der Waals surface area (Å²) in [5.41, 5.74) is 0.183. The predicted molar refractivity (Wildman–Crippen MR) is 73.8 cm³/mol. The molecule has 1 atom stereocenters. The molecule has 0 aromatic carbocycles. The minimum atomic E-state index is -0.480. The zero-order chi connectivity index (χ0) is 14.8. The number of rotatable bonds is 2. The molecule has 1 aromatic heterocycles. The highest BCUT2D eigenvalue weighted by molar-refractivity contribution is 5.68. The van der Waals surface area contributed by atoms with E-state index in [1.807, 2.05) is 20.8 Å². The summed E-state index contributed by atoms with van der Waals surface area (Å²) in [5.74, 6) is 0.00244. The van der Waals surface area contributed by atoms with Crippen molar-refractivity contribution in [1.29, 1.82) is 0 Å². The van der Waals surface area contributed by atoms with Crippen LogP contribution in [0.25, 0.3) is 0 Å². The fraction of sp³-hybridized carbons (Fsp3) is 0.600. The molecule has 1 aliphatic rings. The first-order chi connectivity index (χ1) is 9.35. The Morgan fingerprint density at radius 3 is 2.95 bits per heavy atom. The van der Waals surface area contributed by atoms with Crippen molar-refractivity contribution in [2.45, 2.75) is 39.2 Å². The molecule has 1 amide bonds. The lowest BCUT2D eigenvalue weighted by Gasteiger charge is -2.24. The monoisotopic (exact) mass is 280 g/mol. The lowest BCUT2D eigenvalue weighted by molar-refractivity contribution is 0.0288. The summed E-state index contributed by atoms with van der Waals surface area (Å²) >= 11 is 0. The zero-order valence-corrected chi connectivity index (χ0v) is 12.2. The second-order valence-electron chi connectivity index (χ2n) is 6.25. The lowest BCUT2D eigenvalue weighted by atomic mass is 9.99. The fourth-order valence-corrected chi connectivity index (χ4v) is 2.37. The van der Waals surface area contributed by atoms with Crippen LogP contribution in [0.3, 0.4) is 0 Å². The van der Waals surface area contributed by atoms with Crippen LogP contribution in [0.2, 0.25) is 0 Å². The molecule has 20 heavy (non-hydrogen) atoms. The number of hydrogen-bond acceptors (Lipinski definition) is 3. The Kier molecular flexibility index (Phi) is 4.26. The summed E-state index contributed by atoms with van der Waals surface area (Å²) < 4.78 is 18.9. The van der Waals surface area contributed by atoms with Gasteiger partial charge in [0.05, 0.1) is 6.20 Å². The van der Waals surface area contributed by atoms with Gasteiger partial charge in [0.25, 0.3) is 0 Å². The Hall–Kier alpha value is -1.65. The van der Waals surface area contributed by atoms with E-state index in [2.05, 4.69) is 4.98 Å². The molecule has 1 saturated heterocycles. The van der Waals surface area contributed by atoms with Crippen LogP contribution in [-0.4, -0.2) is 34.7 Å². The summed E-state index contributed by atoms with van der Waals surface area (Å²) in [6.07, 6.45) is 4.05. The van der Waals surface area contributed by atoms with E-state index in [1.165, 1.54) is 6.20 Å². The van der Waals surface area contributed by atoms with Crippen molar-refractivity contribution in [3.8, 4) is 0 Å². The van der Waals surface area contributed by atoms with E-state index in [9.17, 15) is 9.18 Å². The van der Waals surface area contributed by atoms with Crippen LogP contribution in [0.4, 0.5) is 9.18 Å². The van der Waals surface area contributed by atoms with Gasteiger partial charge in [0, 0.05) is 19.3 Å². The number of hydrogen-bond donors (Lipinski definition) is 0. The van der Waals surface area contributed by atoms with E-state index in [1.54, 1.807) is 17.2 Å². The molecule has 110 valence electrons. The maximum absolute atomic E-state index is 13.6. The molecular formula is C15H21FN2O2. The summed E-state index contributed by atoms with van der Waals surface area (Å²) in [4.78, 5) is 17.4. The Bertz CT molecular complexity index is 485. The Morgan fingerprint density at radius 1 is 1.55 bits per heavy atom. The zero-order valence-electron chi connectivity index (χ0n) is 12.2. The van der Waals surface area contributed by atoms with Gasteiger partial charge in [0.1, 0.15) is 11.4 Å². The van der Waals surface area contributed by atoms with E-state index < -0.39 is 5.60 Å². The first-order valence-corrected chi connectivity index (χ1v) is 6.91. The van der Waals surface area contributed by atoms with E-state index in [0.717, 1.165) is 6.42 Å². The van der Waals surface area contributed by atoms with Crippen LogP contribution in [0, 0.1) is 11.7 Å². The van der Waals surface area contributed by atoms with Crippen molar-refractivity contribution in [2.24, 2.45) is 5.92 Å². The van der Waals surface area contributed by atoms with Crippen molar-refractivity contribution in [2.75, 3.05) is 13.1 Å². The third kappa shape index (κ3) is 3.92. The molecule has 4 nitrogen and oxygen atoms in total. The van der Waals surface area contributed by atoms with E-state index in [4.69, 9.17) is 4.74 Å². The molecule has 1 aromatic rings. The summed E-state index contributed by atoms with van der Waals surface area (Å²) in [6.45, 7) is 6.85. The van der Waals surface area contributed by atoms with Gasteiger partial charge in [-0.1, -0.05) is 0 Å². The molecule has 1 aliphatic heterocycles. The van der Waals surface area contributed by atoms with Crippen LogP contribution < -0.4 is 0 Å². The third-order valence-electron chi connectivity index (χ3n) is 3.30. The predicted octanol–water partition coefficient (Wildman–Crippen LogP) is 3.02. The van der Waals surface area contributed by atoms with Gasteiger partial charge in [-0.05, 0) is 51.2 Å². The van der Waals surface area contributed by atoms with Crippen molar-refractivity contribution < 1.29 is 13.9 Å². The molecule has 0 unspecified atom stereocenters. The van der Waals surface area contributed by atoms with Gasteiger partial charge in [-0.3, -0.25) is 4.98 Å². The van der Waals surface area contributed by atoms with Crippen LogP contribution in [0.1, 0.15) is 32.8 Å². The molecule has 2 heterocycles.